The van der Waals surface area contributed by atoms with Gasteiger partial charge in [0.25, 0.3) is 0 Å². The Morgan fingerprint density at radius 2 is 2.12 bits per heavy atom. The third-order valence-corrected chi connectivity index (χ3v) is 4.99. The predicted octanol–water partition coefficient (Wildman–Crippen LogP) is 3.35. The summed E-state index contributed by atoms with van der Waals surface area (Å²) in [6, 6.07) is 0. The lowest BCUT2D eigenvalue weighted by atomic mass is 9.71. The maximum absolute atomic E-state index is 11.5. The molecule has 0 aliphatic heterocycles. The molecule has 0 amide bonds. The fraction of sp³-hybridized carbons (Fsp3) is 0.800. The molecule has 1 rings (SSSR count). The van der Waals surface area contributed by atoms with Gasteiger partial charge in [-0.15, -0.1) is 0 Å². The standard InChI is InChI=1S/C15H26O2/c1-10-7-8-12(14(10,3)4)9-13(17)15(5,6)11(2)16/h7,12-13,17H,8-9H2,1-6H3/t12-,13?/m0/s1. The Kier molecular flexibility index (Phi) is 3.87. The van der Waals surface area contributed by atoms with Gasteiger partial charge in [-0.2, -0.15) is 0 Å². The molecule has 0 heterocycles. The first-order valence-electron chi connectivity index (χ1n) is 6.46. The predicted molar refractivity (Wildman–Crippen MR) is 70.7 cm³/mol. The molecule has 0 aromatic rings. The fourth-order valence-corrected chi connectivity index (χ4v) is 2.39. The van der Waals surface area contributed by atoms with Crippen molar-refractivity contribution in [1.82, 2.24) is 0 Å². The molecule has 0 fully saturated rings. The molecule has 1 aliphatic rings. The second-order valence-corrected chi connectivity index (χ2v) is 6.57. The zero-order valence-electron chi connectivity index (χ0n) is 12.0. The van der Waals surface area contributed by atoms with Crippen LogP contribution >= 0.6 is 0 Å². The molecule has 98 valence electrons. The Labute approximate surface area is 105 Å². The largest absolute Gasteiger partial charge is 0.392 e. The number of hydrogen-bond acceptors (Lipinski definition) is 2. The monoisotopic (exact) mass is 238 g/mol. The highest BCUT2D eigenvalue weighted by atomic mass is 16.3. The van der Waals surface area contributed by atoms with Gasteiger partial charge in [0.2, 0.25) is 0 Å². The van der Waals surface area contributed by atoms with Gasteiger partial charge < -0.3 is 5.11 Å². The quantitative estimate of drug-likeness (QED) is 0.763. The van der Waals surface area contributed by atoms with Gasteiger partial charge in [0.15, 0.2) is 0 Å². The van der Waals surface area contributed by atoms with Gasteiger partial charge >= 0.3 is 0 Å². The molecule has 2 atom stereocenters. The average Bonchev–Trinajstić information content (AvgIpc) is 2.44. The summed E-state index contributed by atoms with van der Waals surface area (Å²) in [6.45, 7) is 11.8. The van der Waals surface area contributed by atoms with Crippen LogP contribution < -0.4 is 0 Å². The number of rotatable bonds is 4. The second-order valence-electron chi connectivity index (χ2n) is 6.57. The van der Waals surface area contributed by atoms with E-state index in [9.17, 15) is 9.90 Å². The van der Waals surface area contributed by atoms with Gasteiger partial charge in [-0.25, -0.2) is 0 Å². The average molecular weight is 238 g/mol. The van der Waals surface area contributed by atoms with E-state index in [4.69, 9.17) is 0 Å². The van der Waals surface area contributed by atoms with E-state index in [0.717, 1.165) is 6.42 Å². The fourth-order valence-electron chi connectivity index (χ4n) is 2.39. The van der Waals surface area contributed by atoms with Gasteiger partial charge in [-0.3, -0.25) is 4.79 Å². The molecule has 2 heteroatoms. The van der Waals surface area contributed by atoms with E-state index in [1.165, 1.54) is 5.57 Å². The van der Waals surface area contributed by atoms with Crippen LogP contribution in [0.5, 0.6) is 0 Å². The third kappa shape index (κ3) is 2.62. The van der Waals surface area contributed by atoms with Crippen molar-refractivity contribution in [3.05, 3.63) is 11.6 Å². The normalized spacial score (nSPS) is 25.6. The van der Waals surface area contributed by atoms with Gasteiger partial charge in [-0.1, -0.05) is 39.3 Å². The minimum atomic E-state index is -0.632. The molecule has 2 nitrogen and oxygen atoms in total. The van der Waals surface area contributed by atoms with Gasteiger partial charge in [0.05, 0.1) is 6.10 Å². The van der Waals surface area contributed by atoms with Crippen molar-refractivity contribution < 1.29 is 9.90 Å². The Morgan fingerprint density at radius 1 is 1.59 bits per heavy atom. The molecule has 0 spiro atoms. The van der Waals surface area contributed by atoms with E-state index in [1.807, 2.05) is 13.8 Å². The summed E-state index contributed by atoms with van der Waals surface area (Å²) < 4.78 is 0. The molecule has 0 saturated heterocycles. The first kappa shape index (κ1) is 14.4. The summed E-state index contributed by atoms with van der Waals surface area (Å²) >= 11 is 0. The number of Topliss-reactive ketones (excluding diaryl/α,β-unsaturated/α-hetero) is 1. The van der Waals surface area contributed by atoms with Gasteiger partial charge in [0, 0.05) is 5.41 Å². The van der Waals surface area contributed by atoms with Gasteiger partial charge in [-0.05, 0) is 38.0 Å². The molecule has 0 bridgehead atoms. The molecular formula is C15H26O2. The van der Waals surface area contributed by atoms with Crippen molar-refractivity contribution in [2.75, 3.05) is 0 Å². The van der Waals surface area contributed by atoms with Crippen LogP contribution in [0.1, 0.15) is 54.4 Å². The summed E-state index contributed by atoms with van der Waals surface area (Å²) in [5.74, 6) is 0.501. The van der Waals surface area contributed by atoms with Crippen molar-refractivity contribution in [2.45, 2.75) is 60.5 Å². The minimum Gasteiger partial charge on any atom is -0.392 e. The summed E-state index contributed by atoms with van der Waals surface area (Å²) in [6.07, 6.45) is 3.43. The van der Waals surface area contributed by atoms with Crippen LogP contribution in [-0.4, -0.2) is 17.0 Å². The van der Waals surface area contributed by atoms with Crippen LogP contribution in [0.3, 0.4) is 0 Å². The topological polar surface area (TPSA) is 37.3 Å². The Hall–Kier alpha value is -0.630. The first-order valence-corrected chi connectivity index (χ1v) is 6.46. The number of aliphatic hydroxyl groups is 1. The molecule has 1 aliphatic carbocycles. The van der Waals surface area contributed by atoms with E-state index < -0.39 is 11.5 Å². The van der Waals surface area contributed by atoms with Crippen molar-refractivity contribution in [2.24, 2.45) is 16.7 Å². The van der Waals surface area contributed by atoms with Crippen LogP contribution in [-0.2, 0) is 4.79 Å². The maximum Gasteiger partial charge on any atom is 0.137 e. The third-order valence-electron chi connectivity index (χ3n) is 4.99. The number of allylic oxidation sites excluding steroid dienone is 2. The lowest BCUT2D eigenvalue weighted by Gasteiger charge is -2.35. The summed E-state index contributed by atoms with van der Waals surface area (Å²) in [5.41, 5.74) is 0.913. The van der Waals surface area contributed by atoms with Crippen molar-refractivity contribution in [1.29, 1.82) is 0 Å². The molecule has 17 heavy (non-hydrogen) atoms. The van der Waals surface area contributed by atoms with Gasteiger partial charge in [0.1, 0.15) is 5.78 Å². The molecule has 0 radical (unpaired) electrons. The zero-order chi connectivity index (χ0) is 13.4. The number of carbonyl (C=O) groups excluding carboxylic acids is 1. The Balaban J connectivity index is 2.72. The molecule has 1 N–H and O–H groups in total. The maximum atomic E-state index is 11.5. The molecule has 0 aromatic heterocycles. The number of aliphatic hydroxyl groups excluding tert-OH is 1. The SMILES string of the molecule is CC(=O)C(C)(C)C(O)C[C@@H]1CC=C(C)C1(C)C. The van der Waals surface area contributed by atoms with Crippen LogP contribution in [0.15, 0.2) is 11.6 Å². The zero-order valence-corrected chi connectivity index (χ0v) is 12.0. The highest BCUT2D eigenvalue weighted by molar-refractivity contribution is 5.82. The smallest absolute Gasteiger partial charge is 0.137 e. The lowest BCUT2D eigenvalue weighted by molar-refractivity contribution is -0.131. The van der Waals surface area contributed by atoms with Crippen LogP contribution in [0.2, 0.25) is 0 Å². The lowest BCUT2D eigenvalue weighted by Crippen LogP contribution is -2.38. The highest BCUT2D eigenvalue weighted by Crippen LogP contribution is 2.46. The second kappa shape index (κ2) is 4.56. The highest BCUT2D eigenvalue weighted by Gasteiger charge is 2.40. The van der Waals surface area contributed by atoms with Crippen molar-refractivity contribution >= 4 is 5.78 Å². The molecule has 1 unspecified atom stereocenters. The summed E-state index contributed by atoms with van der Waals surface area (Å²) in [7, 11) is 0. The number of hydrogen-bond donors (Lipinski definition) is 1. The molecular weight excluding hydrogens is 212 g/mol. The minimum absolute atomic E-state index is 0.0606. The van der Waals surface area contributed by atoms with Crippen LogP contribution in [0.4, 0.5) is 0 Å². The first-order chi connectivity index (χ1) is 7.60. The number of carbonyl (C=O) groups is 1. The van der Waals surface area contributed by atoms with Crippen LogP contribution in [0.25, 0.3) is 0 Å². The van der Waals surface area contributed by atoms with E-state index in [0.29, 0.717) is 12.3 Å². The summed E-state index contributed by atoms with van der Waals surface area (Å²) in [4.78, 5) is 11.5. The molecule has 0 aromatic carbocycles. The summed E-state index contributed by atoms with van der Waals surface area (Å²) in [5, 5.41) is 10.3. The van der Waals surface area contributed by atoms with E-state index in [-0.39, 0.29) is 11.2 Å². The Bertz CT molecular complexity index is 337. The number of ketones is 1. The molecule has 0 saturated carbocycles. The van der Waals surface area contributed by atoms with E-state index in [1.54, 1.807) is 6.92 Å². The van der Waals surface area contributed by atoms with E-state index in [2.05, 4.69) is 26.8 Å². The van der Waals surface area contributed by atoms with E-state index >= 15 is 0 Å². The van der Waals surface area contributed by atoms with Crippen LogP contribution in [0, 0.1) is 16.7 Å². The Morgan fingerprint density at radius 3 is 2.47 bits per heavy atom. The van der Waals surface area contributed by atoms with Crippen molar-refractivity contribution in [3.8, 4) is 0 Å². The van der Waals surface area contributed by atoms with Crippen molar-refractivity contribution in [3.63, 3.8) is 0 Å².